The molecule has 2 N–H and O–H groups in total. The van der Waals surface area contributed by atoms with Gasteiger partial charge < -0.3 is 15.5 Å². The van der Waals surface area contributed by atoms with Crippen molar-refractivity contribution in [3.63, 3.8) is 0 Å². The van der Waals surface area contributed by atoms with Crippen molar-refractivity contribution >= 4 is 34.6 Å². The van der Waals surface area contributed by atoms with E-state index in [9.17, 15) is 0 Å². The van der Waals surface area contributed by atoms with Crippen LogP contribution in [0, 0.1) is 5.92 Å². The molecule has 5 rings (SSSR count). The largest absolute Gasteiger partial charge is 0.362 e. The number of rotatable bonds is 6. The van der Waals surface area contributed by atoms with Crippen LogP contribution in [0.2, 0.25) is 5.15 Å². The lowest BCUT2D eigenvalue weighted by Crippen LogP contribution is -2.38. The first-order chi connectivity index (χ1) is 14.5. The van der Waals surface area contributed by atoms with E-state index in [0.717, 1.165) is 35.2 Å². The molecule has 2 aliphatic rings. The Kier molecular flexibility index (Phi) is 4.73. The van der Waals surface area contributed by atoms with E-state index in [-0.39, 0.29) is 6.17 Å². The zero-order chi connectivity index (χ0) is 20.8. The van der Waals surface area contributed by atoms with Gasteiger partial charge in [-0.15, -0.1) is 0 Å². The molecule has 9 heteroatoms. The van der Waals surface area contributed by atoms with Crippen LogP contribution < -0.4 is 15.5 Å². The normalized spacial score (nSPS) is 17.9. The van der Waals surface area contributed by atoms with Crippen LogP contribution in [0.5, 0.6) is 0 Å². The van der Waals surface area contributed by atoms with Gasteiger partial charge in [-0.2, -0.15) is 5.10 Å². The molecule has 0 bridgehead atoms. The van der Waals surface area contributed by atoms with E-state index in [2.05, 4.69) is 56.4 Å². The number of halogens is 1. The third kappa shape index (κ3) is 3.67. The van der Waals surface area contributed by atoms with E-state index in [1.54, 1.807) is 6.20 Å². The molecule has 156 valence electrons. The Balaban J connectivity index is 1.39. The Morgan fingerprint density at radius 2 is 2.10 bits per heavy atom. The minimum atomic E-state index is 0.233. The van der Waals surface area contributed by atoms with E-state index in [1.807, 2.05) is 29.2 Å². The molecule has 0 radical (unpaired) electrons. The molecule has 1 saturated carbocycles. The summed E-state index contributed by atoms with van der Waals surface area (Å²) in [6.45, 7) is 7.42. The number of nitrogens with one attached hydrogen (secondary N) is 2. The van der Waals surface area contributed by atoms with Gasteiger partial charge in [0.15, 0.2) is 11.0 Å². The molecule has 4 heterocycles. The van der Waals surface area contributed by atoms with Crippen LogP contribution in [0.3, 0.4) is 0 Å². The second-order valence-electron chi connectivity index (χ2n) is 8.30. The van der Waals surface area contributed by atoms with E-state index in [1.165, 1.54) is 12.8 Å². The fourth-order valence-electron chi connectivity index (χ4n) is 3.96. The van der Waals surface area contributed by atoms with Gasteiger partial charge in [0, 0.05) is 31.0 Å². The highest BCUT2D eigenvalue weighted by atomic mass is 35.5. The summed E-state index contributed by atoms with van der Waals surface area (Å²) in [7, 11) is 0. The van der Waals surface area contributed by atoms with Gasteiger partial charge in [-0.1, -0.05) is 11.6 Å². The Morgan fingerprint density at radius 3 is 2.87 bits per heavy atom. The summed E-state index contributed by atoms with van der Waals surface area (Å²) in [4.78, 5) is 15.9. The molecule has 1 unspecified atom stereocenters. The molecule has 1 aliphatic heterocycles. The minimum Gasteiger partial charge on any atom is -0.362 e. The smallest absolute Gasteiger partial charge is 0.166 e. The summed E-state index contributed by atoms with van der Waals surface area (Å²) in [5.74, 6) is 2.66. The molecule has 8 nitrogen and oxygen atoms in total. The number of anilines is 4. The third-order valence-electron chi connectivity index (χ3n) is 5.51. The zero-order valence-electron chi connectivity index (χ0n) is 17.3. The Hall–Kier alpha value is -2.87. The molecule has 3 aromatic heterocycles. The quantitative estimate of drug-likeness (QED) is 0.601. The van der Waals surface area contributed by atoms with Crippen LogP contribution in [0.1, 0.15) is 33.6 Å². The number of hydrogen-bond acceptors (Lipinski definition) is 7. The molecule has 0 amide bonds. The highest BCUT2D eigenvalue weighted by Gasteiger charge is 2.28. The van der Waals surface area contributed by atoms with Crippen LogP contribution in [0.4, 0.5) is 23.0 Å². The summed E-state index contributed by atoms with van der Waals surface area (Å²) < 4.78 is 1.90. The molecule has 0 spiro atoms. The van der Waals surface area contributed by atoms with Crippen molar-refractivity contribution in [3.8, 4) is 11.4 Å². The van der Waals surface area contributed by atoms with Crippen molar-refractivity contribution in [3.05, 3.63) is 35.9 Å². The lowest BCUT2D eigenvalue weighted by Gasteiger charge is -2.28. The Morgan fingerprint density at radius 1 is 1.27 bits per heavy atom. The van der Waals surface area contributed by atoms with Gasteiger partial charge in [-0.05, 0) is 45.6 Å². The van der Waals surface area contributed by atoms with E-state index < -0.39 is 0 Å². The van der Waals surface area contributed by atoms with Gasteiger partial charge in [-0.3, -0.25) is 4.68 Å². The SMILES string of the molecule is CC(C)N1c2cc(Nc3ccnc(-c4cn(CC5CC5)nc4Cl)n3)ncc2NC1C. The fourth-order valence-corrected chi connectivity index (χ4v) is 4.19. The van der Waals surface area contributed by atoms with Crippen LogP contribution in [0.15, 0.2) is 30.7 Å². The molecule has 3 aromatic rings. The molecule has 1 fully saturated rings. The Labute approximate surface area is 180 Å². The first-order valence-electron chi connectivity index (χ1n) is 10.4. The van der Waals surface area contributed by atoms with Gasteiger partial charge in [0.1, 0.15) is 11.6 Å². The molecule has 30 heavy (non-hydrogen) atoms. The number of fused-ring (bicyclic) bond motifs is 1. The highest BCUT2D eigenvalue weighted by Crippen LogP contribution is 2.37. The van der Waals surface area contributed by atoms with Crippen LogP contribution in [-0.4, -0.2) is 36.9 Å². The highest BCUT2D eigenvalue weighted by molar-refractivity contribution is 6.31. The van der Waals surface area contributed by atoms with Crippen LogP contribution in [-0.2, 0) is 6.54 Å². The number of aromatic nitrogens is 5. The van der Waals surface area contributed by atoms with Crippen molar-refractivity contribution in [1.82, 2.24) is 24.7 Å². The maximum absolute atomic E-state index is 6.36. The third-order valence-corrected chi connectivity index (χ3v) is 5.79. The van der Waals surface area contributed by atoms with Gasteiger partial charge in [0.2, 0.25) is 0 Å². The summed E-state index contributed by atoms with van der Waals surface area (Å²) in [6, 6.07) is 4.25. The first kappa shape index (κ1) is 19.1. The Bertz CT molecular complexity index is 1070. The van der Waals surface area contributed by atoms with Crippen molar-refractivity contribution in [2.24, 2.45) is 5.92 Å². The van der Waals surface area contributed by atoms with Gasteiger partial charge in [0.25, 0.3) is 0 Å². The van der Waals surface area contributed by atoms with Crippen molar-refractivity contribution < 1.29 is 0 Å². The number of hydrogen-bond donors (Lipinski definition) is 2. The lowest BCUT2D eigenvalue weighted by molar-refractivity contribution is 0.563. The second kappa shape index (κ2) is 7.43. The summed E-state index contributed by atoms with van der Waals surface area (Å²) in [5, 5.41) is 11.6. The predicted octanol–water partition coefficient (Wildman–Crippen LogP) is 4.53. The van der Waals surface area contributed by atoms with Crippen molar-refractivity contribution in [1.29, 1.82) is 0 Å². The average molecular weight is 425 g/mol. The summed E-state index contributed by atoms with van der Waals surface area (Å²) >= 11 is 6.36. The van der Waals surface area contributed by atoms with Crippen LogP contribution >= 0.6 is 11.6 Å². The molecular formula is C21H25ClN8. The van der Waals surface area contributed by atoms with E-state index in [0.29, 0.717) is 22.8 Å². The monoisotopic (exact) mass is 424 g/mol. The zero-order valence-corrected chi connectivity index (χ0v) is 18.1. The molecular weight excluding hydrogens is 400 g/mol. The molecule has 0 aromatic carbocycles. The topological polar surface area (TPSA) is 83.8 Å². The predicted molar refractivity (Wildman–Crippen MR) is 119 cm³/mol. The number of nitrogens with zero attached hydrogens (tertiary/aromatic N) is 6. The molecule has 0 saturated heterocycles. The van der Waals surface area contributed by atoms with Crippen molar-refractivity contribution in [2.75, 3.05) is 15.5 Å². The van der Waals surface area contributed by atoms with Gasteiger partial charge >= 0.3 is 0 Å². The minimum absolute atomic E-state index is 0.233. The summed E-state index contributed by atoms with van der Waals surface area (Å²) in [5.41, 5.74) is 2.92. The van der Waals surface area contributed by atoms with Gasteiger partial charge in [-0.25, -0.2) is 15.0 Å². The van der Waals surface area contributed by atoms with E-state index >= 15 is 0 Å². The average Bonchev–Trinajstić information content (AvgIpc) is 3.34. The fraction of sp³-hybridized carbons (Fsp3) is 0.429. The summed E-state index contributed by atoms with van der Waals surface area (Å²) in [6.07, 6.45) is 8.27. The maximum atomic E-state index is 6.36. The molecule has 1 aliphatic carbocycles. The first-order valence-corrected chi connectivity index (χ1v) is 10.7. The maximum Gasteiger partial charge on any atom is 0.166 e. The van der Waals surface area contributed by atoms with Crippen LogP contribution in [0.25, 0.3) is 11.4 Å². The van der Waals surface area contributed by atoms with E-state index in [4.69, 9.17) is 11.6 Å². The second-order valence-corrected chi connectivity index (χ2v) is 8.66. The van der Waals surface area contributed by atoms with Crippen molar-refractivity contribution in [2.45, 2.75) is 52.4 Å². The number of pyridine rings is 1. The van der Waals surface area contributed by atoms with Gasteiger partial charge in [0.05, 0.1) is 29.3 Å². The molecule has 1 atom stereocenters. The standard InChI is InChI=1S/C21H25ClN8/c1-12(2)30-13(3)25-16-9-24-19(8-17(16)30)26-18-6-7-23-21(27-18)15-11-29(28-20(15)22)10-14-4-5-14/h6-9,11-14,25H,4-5,10H2,1-3H3,(H,23,24,26,27). The lowest BCUT2D eigenvalue weighted by atomic mass is 10.2.